The van der Waals surface area contributed by atoms with Crippen LogP contribution in [-0.2, 0) is 26.7 Å². The summed E-state index contributed by atoms with van der Waals surface area (Å²) in [6.07, 6.45) is 0. The molecule has 9 heteroatoms. The van der Waals surface area contributed by atoms with Crippen LogP contribution in [0.1, 0.15) is 17.0 Å². The Morgan fingerprint density at radius 3 is 2.24 bits per heavy atom. The van der Waals surface area contributed by atoms with Crippen LogP contribution in [0.4, 0.5) is 4.39 Å². The van der Waals surface area contributed by atoms with Crippen LogP contribution in [0.2, 0.25) is 0 Å². The molecular formula is C25H27FN6O2. The highest BCUT2D eigenvalue weighted by Crippen LogP contribution is 2.18. The molecule has 5 rings (SSSR count). The topological polar surface area (TPSA) is 79.2 Å². The average molecular weight is 463 g/mol. The van der Waals surface area contributed by atoms with Crippen molar-refractivity contribution in [2.24, 2.45) is 7.05 Å². The zero-order valence-electron chi connectivity index (χ0n) is 19.1. The molecule has 1 aliphatic rings. The van der Waals surface area contributed by atoms with Crippen LogP contribution in [0.25, 0.3) is 11.2 Å². The van der Waals surface area contributed by atoms with Gasteiger partial charge in [0, 0.05) is 45.3 Å². The number of hydrogen-bond acceptors (Lipinski definition) is 5. The summed E-state index contributed by atoms with van der Waals surface area (Å²) >= 11 is 0. The molecule has 0 saturated carbocycles. The first kappa shape index (κ1) is 22.2. The fraction of sp³-hybridized carbons (Fsp3) is 0.320. The summed E-state index contributed by atoms with van der Waals surface area (Å²) in [6, 6.07) is 16.9. The van der Waals surface area contributed by atoms with Gasteiger partial charge in [0.2, 0.25) is 0 Å². The lowest BCUT2D eigenvalue weighted by Gasteiger charge is -2.34. The van der Waals surface area contributed by atoms with E-state index in [0.29, 0.717) is 23.6 Å². The van der Waals surface area contributed by atoms with Gasteiger partial charge in [-0.25, -0.2) is 14.2 Å². The lowest BCUT2D eigenvalue weighted by atomic mass is 10.2. The molecule has 1 saturated heterocycles. The van der Waals surface area contributed by atoms with E-state index in [1.165, 1.54) is 16.2 Å². The highest BCUT2D eigenvalue weighted by Gasteiger charge is 2.23. The third-order valence-corrected chi connectivity index (χ3v) is 6.45. The summed E-state index contributed by atoms with van der Waals surface area (Å²) in [7, 11) is 1.58. The number of nitrogens with one attached hydrogen (secondary N) is 1. The van der Waals surface area contributed by atoms with Gasteiger partial charge >= 0.3 is 5.69 Å². The maximum absolute atomic E-state index is 14.4. The standard InChI is InChI=1S/C25H27FN6O2/c1-29-23-22(24(33)28-25(29)34)32(16-19-9-5-6-10-20(19)26)21(27-23)17-31-13-11-30(12-14-31)15-18-7-3-2-4-8-18/h2-10H,11-17H2,1H3,(H,28,33,34). The summed E-state index contributed by atoms with van der Waals surface area (Å²) in [5.41, 5.74) is 1.31. The number of aromatic nitrogens is 4. The first-order valence-corrected chi connectivity index (χ1v) is 11.4. The number of imidazole rings is 1. The van der Waals surface area contributed by atoms with Crippen molar-refractivity contribution in [1.82, 2.24) is 28.9 Å². The Morgan fingerprint density at radius 2 is 1.53 bits per heavy atom. The maximum atomic E-state index is 14.4. The smallest absolute Gasteiger partial charge is 0.316 e. The molecule has 0 bridgehead atoms. The van der Waals surface area contributed by atoms with Crippen molar-refractivity contribution in [2.75, 3.05) is 26.2 Å². The maximum Gasteiger partial charge on any atom is 0.329 e. The predicted octanol–water partition coefficient (Wildman–Crippen LogP) is 1.93. The fourth-order valence-corrected chi connectivity index (χ4v) is 4.51. The van der Waals surface area contributed by atoms with Crippen LogP contribution in [-0.4, -0.2) is 55.1 Å². The Bertz CT molecular complexity index is 1420. The van der Waals surface area contributed by atoms with Crippen LogP contribution in [0, 0.1) is 5.82 Å². The monoisotopic (exact) mass is 462 g/mol. The first-order chi connectivity index (χ1) is 16.5. The molecule has 1 N–H and O–H groups in total. The van der Waals surface area contributed by atoms with E-state index in [1.807, 2.05) is 6.07 Å². The predicted molar refractivity (Wildman–Crippen MR) is 128 cm³/mol. The van der Waals surface area contributed by atoms with E-state index >= 15 is 0 Å². The highest BCUT2D eigenvalue weighted by atomic mass is 19.1. The molecule has 1 aliphatic heterocycles. The van der Waals surface area contributed by atoms with E-state index in [2.05, 4.69) is 44.0 Å². The minimum absolute atomic E-state index is 0.160. The van der Waals surface area contributed by atoms with Gasteiger partial charge in [-0.2, -0.15) is 0 Å². The molecule has 0 spiro atoms. The van der Waals surface area contributed by atoms with Crippen LogP contribution in [0.5, 0.6) is 0 Å². The number of nitrogens with zero attached hydrogens (tertiary/aromatic N) is 5. The summed E-state index contributed by atoms with van der Waals surface area (Å²) in [6.45, 7) is 5.13. The second-order valence-corrected chi connectivity index (χ2v) is 8.73. The molecule has 0 radical (unpaired) electrons. The number of rotatable bonds is 6. The van der Waals surface area contributed by atoms with Crippen molar-refractivity contribution in [2.45, 2.75) is 19.6 Å². The summed E-state index contributed by atoms with van der Waals surface area (Å²) in [5.74, 6) is 0.299. The first-order valence-electron chi connectivity index (χ1n) is 11.4. The number of aryl methyl sites for hydroxylation is 1. The van der Waals surface area contributed by atoms with Crippen molar-refractivity contribution >= 4 is 11.2 Å². The average Bonchev–Trinajstić information content (AvgIpc) is 3.19. The molecule has 0 amide bonds. The van der Waals surface area contributed by atoms with E-state index < -0.39 is 11.2 Å². The number of halogens is 1. The lowest BCUT2D eigenvalue weighted by molar-refractivity contribution is 0.119. The van der Waals surface area contributed by atoms with Gasteiger partial charge in [0.25, 0.3) is 5.56 Å². The van der Waals surface area contributed by atoms with E-state index in [0.717, 1.165) is 32.7 Å². The molecule has 0 atom stereocenters. The molecule has 8 nitrogen and oxygen atoms in total. The quantitative estimate of drug-likeness (QED) is 0.474. The number of piperazine rings is 1. The molecule has 3 heterocycles. The Hall–Kier alpha value is -3.56. The highest BCUT2D eigenvalue weighted by molar-refractivity contribution is 5.71. The zero-order valence-corrected chi connectivity index (χ0v) is 19.1. The van der Waals surface area contributed by atoms with Gasteiger partial charge in [0.15, 0.2) is 11.2 Å². The SMILES string of the molecule is Cn1c(=O)[nH]c(=O)c2c1nc(CN1CCN(Cc3ccccc3)CC1)n2Cc1ccccc1F. The number of hydrogen-bond donors (Lipinski definition) is 1. The molecule has 176 valence electrons. The number of aromatic amines is 1. The molecule has 2 aromatic heterocycles. The molecule has 0 unspecified atom stereocenters. The van der Waals surface area contributed by atoms with Gasteiger partial charge in [-0.3, -0.25) is 24.1 Å². The summed E-state index contributed by atoms with van der Waals surface area (Å²) < 4.78 is 17.5. The van der Waals surface area contributed by atoms with E-state index in [-0.39, 0.29) is 17.9 Å². The van der Waals surface area contributed by atoms with Gasteiger partial charge in [-0.1, -0.05) is 48.5 Å². The van der Waals surface area contributed by atoms with Crippen molar-refractivity contribution in [3.63, 3.8) is 0 Å². The molecule has 2 aromatic carbocycles. The Morgan fingerprint density at radius 1 is 0.882 bits per heavy atom. The van der Waals surface area contributed by atoms with Gasteiger partial charge in [-0.05, 0) is 11.6 Å². The lowest BCUT2D eigenvalue weighted by Crippen LogP contribution is -2.45. The summed E-state index contributed by atoms with van der Waals surface area (Å²) in [4.78, 5) is 36.6. The molecule has 34 heavy (non-hydrogen) atoms. The van der Waals surface area contributed by atoms with Crippen LogP contribution in [0.3, 0.4) is 0 Å². The molecular weight excluding hydrogens is 435 g/mol. The molecule has 1 fully saturated rings. The normalized spacial score (nSPS) is 15.2. The molecule has 4 aromatic rings. The van der Waals surface area contributed by atoms with Gasteiger partial charge in [0.05, 0.1) is 13.1 Å². The number of H-pyrrole nitrogens is 1. The Balaban J connectivity index is 1.41. The van der Waals surface area contributed by atoms with Crippen molar-refractivity contribution in [3.8, 4) is 0 Å². The van der Waals surface area contributed by atoms with Crippen molar-refractivity contribution in [1.29, 1.82) is 0 Å². The largest absolute Gasteiger partial charge is 0.329 e. The summed E-state index contributed by atoms with van der Waals surface area (Å²) in [5, 5.41) is 0. The van der Waals surface area contributed by atoms with E-state index in [4.69, 9.17) is 0 Å². The van der Waals surface area contributed by atoms with Crippen LogP contribution < -0.4 is 11.2 Å². The minimum atomic E-state index is -0.519. The molecule has 0 aliphatic carbocycles. The number of benzene rings is 2. The fourth-order valence-electron chi connectivity index (χ4n) is 4.51. The van der Waals surface area contributed by atoms with Gasteiger partial charge in [-0.15, -0.1) is 0 Å². The Labute approximate surface area is 195 Å². The zero-order chi connectivity index (χ0) is 23.7. The van der Waals surface area contributed by atoms with Crippen molar-refractivity contribution < 1.29 is 4.39 Å². The van der Waals surface area contributed by atoms with E-state index in [9.17, 15) is 14.0 Å². The van der Waals surface area contributed by atoms with Gasteiger partial charge in [0.1, 0.15) is 11.6 Å². The van der Waals surface area contributed by atoms with Crippen LogP contribution in [0.15, 0.2) is 64.2 Å². The second-order valence-electron chi connectivity index (χ2n) is 8.73. The third kappa shape index (κ3) is 4.44. The van der Waals surface area contributed by atoms with Gasteiger partial charge < -0.3 is 4.57 Å². The third-order valence-electron chi connectivity index (χ3n) is 6.45. The minimum Gasteiger partial charge on any atom is -0.316 e. The number of fused-ring (bicyclic) bond motifs is 1. The Kier molecular flexibility index (Phi) is 6.12. The van der Waals surface area contributed by atoms with Crippen LogP contribution >= 0.6 is 0 Å². The van der Waals surface area contributed by atoms with Crippen molar-refractivity contribution in [3.05, 3.63) is 98.2 Å². The second kappa shape index (κ2) is 9.36. The van der Waals surface area contributed by atoms with E-state index in [1.54, 1.807) is 29.8 Å².